The molecule has 0 atom stereocenters. The molecular formula is C30H28Cl2N2O3. The highest BCUT2D eigenvalue weighted by Crippen LogP contribution is 2.33. The number of aryl methyl sites for hydroxylation is 1. The van der Waals surface area contributed by atoms with Crippen molar-refractivity contribution in [3.05, 3.63) is 105 Å². The van der Waals surface area contributed by atoms with E-state index in [0.717, 1.165) is 39.3 Å². The van der Waals surface area contributed by atoms with Gasteiger partial charge in [0, 0.05) is 6.08 Å². The molecule has 0 aliphatic heterocycles. The van der Waals surface area contributed by atoms with Gasteiger partial charge < -0.3 is 9.47 Å². The monoisotopic (exact) mass is 534 g/mol. The predicted molar refractivity (Wildman–Crippen MR) is 150 cm³/mol. The third-order valence-corrected chi connectivity index (χ3v) is 6.69. The van der Waals surface area contributed by atoms with Gasteiger partial charge in [0.05, 0.1) is 29.0 Å². The molecule has 0 amide bonds. The molecule has 0 aliphatic carbocycles. The van der Waals surface area contributed by atoms with E-state index in [2.05, 4.69) is 36.7 Å². The lowest BCUT2D eigenvalue weighted by atomic mass is 9.99. The number of rotatable bonds is 8. The van der Waals surface area contributed by atoms with Crippen LogP contribution in [0.3, 0.4) is 0 Å². The molecule has 0 saturated carbocycles. The number of methoxy groups -OCH3 is 1. The van der Waals surface area contributed by atoms with Crippen LogP contribution in [0.1, 0.15) is 42.1 Å². The van der Waals surface area contributed by atoms with Crippen LogP contribution >= 0.6 is 23.2 Å². The number of para-hydroxylation sites is 1. The molecule has 0 radical (unpaired) electrons. The summed E-state index contributed by atoms with van der Waals surface area (Å²) in [5.74, 6) is 0.629. The van der Waals surface area contributed by atoms with Crippen LogP contribution in [0.5, 0.6) is 5.75 Å². The lowest BCUT2D eigenvalue weighted by Crippen LogP contribution is -2.09. The van der Waals surface area contributed by atoms with E-state index in [1.54, 1.807) is 22.9 Å². The van der Waals surface area contributed by atoms with Crippen molar-refractivity contribution >= 4 is 35.2 Å². The van der Waals surface area contributed by atoms with Crippen LogP contribution in [0.15, 0.2) is 72.9 Å². The van der Waals surface area contributed by atoms with Crippen LogP contribution in [0.4, 0.5) is 0 Å². The van der Waals surface area contributed by atoms with Crippen LogP contribution < -0.4 is 4.74 Å². The van der Waals surface area contributed by atoms with E-state index in [0.29, 0.717) is 22.3 Å². The van der Waals surface area contributed by atoms with Gasteiger partial charge in [0.25, 0.3) is 0 Å². The van der Waals surface area contributed by atoms with Crippen molar-refractivity contribution in [2.75, 3.05) is 7.11 Å². The highest BCUT2D eigenvalue weighted by atomic mass is 35.5. The summed E-state index contributed by atoms with van der Waals surface area (Å²) in [6, 6.07) is 19.4. The number of ether oxygens (including phenoxy) is 2. The van der Waals surface area contributed by atoms with Gasteiger partial charge in [-0.3, -0.25) is 0 Å². The van der Waals surface area contributed by atoms with Crippen molar-refractivity contribution in [2.24, 2.45) is 0 Å². The molecule has 0 unspecified atom stereocenters. The SMILES string of the molecule is COC(=O)/C=C/c1ccc(-c2ccc(OCc3c(C(C)C)cnn3-c3c(Cl)cccc3Cl)cc2C)cc1. The Hall–Kier alpha value is -3.54. The summed E-state index contributed by atoms with van der Waals surface area (Å²) in [5, 5.41) is 5.64. The van der Waals surface area contributed by atoms with Crippen molar-refractivity contribution < 1.29 is 14.3 Å². The normalized spacial score (nSPS) is 11.3. The minimum atomic E-state index is -0.381. The predicted octanol–water partition coefficient (Wildman–Crippen LogP) is 8.04. The zero-order valence-electron chi connectivity index (χ0n) is 21.2. The second-order valence-corrected chi connectivity index (χ2v) is 9.74. The first kappa shape index (κ1) is 26.5. The fraction of sp³-hybridized carbons (Fsp3) is 0.200. The molecule has 0 saturated heterocycles. The summed E-state index contributed by atoms with van der Waals surface area (Å²) in [6.07, 6.45) is 4.98. The Kier molecular flexibility index (Phi) is 8.37. The van der Waals surface area contributed by atoms with Gasteiger partial charge in [0.2, 0.25) is 0 Å². The molecule has 5 nitrogen and oxygen atoms in total. The number of halogens is 2. The Balaban J connectivity index is 1.55. The Morgan fingerprint density at radius 2 is 1.76 bits per heavy atom. The van der Waals surface area contributed by atoms with Gasteiger partial charge in [-0.1, -0.05) is 73.4 Å². The van der Waals surface area contributed by atoms with E-state index in [4.69, 9.17) is 27.9 Å². The highest BCUT2D eigenvalue weighted by Gasteiger charge is 2.19. The van der Waals surface area contributed by atoms with E-state index < -0.39 is 0 Å². The van der Waals surface area contributed by atoms with Gasteiger partial charge in [-0.25, -0.2) is 9.48 Å². The number of hydrogen-bond donors (Lipinski definition) is 0. The Morgan fingerprint density at radius 3 is 2.38 bits per heavy atom. The third kappa shape index (κ3) is 6.07. The number of benzene rings is 3. The minimum Gasteiger partial charge on any atom is -0.487 e. The molecule has 0 fully saturated rings. The average molecular weight is 535 g/mol. The molecule has 37 heavy (non-hydrogen) atoms. The van der Waals surface area contributed by atoms with Gasteiger partial charge in [-0.15, -0.1) is 0 Å². The zero-order chi connectivity index (χ0) is 26.5. The van der Waals surface area contributed by atoms with Crippen molar-refractivity contribution in [2.45, 2.75) is 33.3 Å². The van der Waals surface area contributed by atoms with E-state index >= 15 is 0 Å². The lowest BCUT2D eigenvalue weighted by molar-refractivity contribution is -0.134. The van der Waals surface area contributed by atoms with E-state index in [9.17, 15) is 4.79 Å². The Labute approximate surface area is 227 Å². The van der Waals surface area contributed by atoms with Gasteiger partial charge in [-0.2, -0.15) is 5.10 Å². The highest BCUT2D eigenvalue weighted by molar-refractivity contribution is 6.37. The number of hydrogen-bond acceptors (Lipinski definition) is 4. The van der Waals surface area contributed by atoms with Gasteiger partial charge in [0.1, 0.15) is 18.0 Å². The summed E-state index contributed by atoms with van der Waals surface area (Å²) >= 11 is 13.0. The van der Waals surface area contributed by atoms with Gasteiger partial charge in [0.15, 0.2) is 0 Å². The van der Waals surface area contributed by atoms with Crippen molar-refractivity contribution in [1.29, 1.82) is 0 Å². The Morgan fingerprint density at radius 1 is 1.05 bits per heavy atom. The fourth-order valence-electron chi connectivity index (χ4n) is 4.10. The van der Waals surface area contributed by atoms with Crippen LogP contribution in [0, 0.1) is 6.92 Å². The smallest absolute Gasteiger partial charge is 0.330 e. The maximum atomic E-state index is 11.3. The van der Waals surface area contributed by atoms with Gasteiger partial charge in [-0.05, 0) is 71.0 Å². The summed E-state index contributed by atoms with van der Waals surface area (Å²) in [4.78, 5) is 11.3. The van der Waals surface area contributed by atoms with Gasteiger partial charge >= 0.3 is 5.97 Å². The number of nitrogens with zero attached hydrogens (tertiary/aromatic N) is 2. The summed E-state index contributed by atoms with van der Waals surface area (Å²) in [6.45, 7) is 6.61. The molecule has 1 aromatic heterocycles. The standard InChI is InChI=1S/C30H28Cl2N2O3/c1-19(2)25-17-33-34(30-26(31)6-5-7-27(30)32)28(25)18-37-23-13-14-24(20(3)16-23)22-11-8-21(9-12-22)10-15-29(35)36-4/h5-17,19H,18H2,1-4H3/b15-10+. The summed E-state index contributed by atoms with van der Waals surface area (Å²) in [7, 11) is 1.36. The molecule has 4 aromatic rings. The van der Waals surface area contributed by atoms with E-state index in [1.807, 2.05) is 48.7 Å². The molecule has 3 aromatic carbocycles. The molecule has 4 rings (SSSR count). The molecule has 1 heterocycles. The molecule has 0 N–H and O–H groups in total. The largest absolute Gasteiger partial charge is 0.487 e. The topological polar surface area (TPSA) is 53.4 Å². The van der Waals surface area contributed by atoms with Crippen LogP contribution in [-0.4, -0.2) is 22.9 Å². The van der Waals surface area contributed by atoms with Crippen molar-refractivity contribution in [3.63, 3.8) is 0 Å². The summed E-state index contributed by atoms with van der Waals surface area (Å²) in [5.41, 5.74) is 6.81. The first-order chi connectivity index (χ1) is 17.8. The third-order valence-electron chi connectivity index (χ3n) is 6.08. The quantitative estimate of drug-likeness (QED) is 0.169. The zero-order valence-corrected chi connectivity index (χ0v) is 22.7. The molecule has 7 heteroatoms. The average Bonchev–Trinajstić information content (AvgIpc) is 3.30. The van der Waals surface area contributed by atoms with E-state index in [-0.39, 0.29) is 11.9 Å². The second kappa shape index (κ2) is 11.7. The van der Waals surface area contributed by atoms with Crippen LogP contribution in [-0.2, 0) is 16.1 Å². The van der Waals surface area contributed by atoms with Crippen molar-refractivity contribution in [3.8, 4) is 22.6 Å². The lowest BCUT2D eigenvalue weighted by Gasteiger charge is -2.15. The maximum Gasteiger partial charge on any atom is 0.330 e. The molecule has 190 valence electrons. The molecule has 0 aliphatic rings. The maximum absolute atomic E-state index is 11.3. The second-order valence-electron chi connectivity index (χ2n) is 8.93. The first-order valence-electron chi connectivity index (χ1n) is 11.9. The number of esters is 1. The molecular weight excluding hydrogens is 507 g/mol. The fourth-order valence-corrected chi connectivity index (χ4v) is 4.66. The molecule has 0 spiro atoms. The van der Waals surface area contributed by atoms with Crippen LogP contribution in [0.2, 0.25) is 10.0 Å². The van der Waals surface area contributed by atoms with E-state index in [1.165, 1.54) is 13.2 Å². The molecule has 0 bridgehead atoms. The van der Waals surface area contributed by atoms with Crippen molar-refractivity contribution in [1.82, 2.24) is 9.78 Å². The van der Waals surface area contributed by atoms with Crippen LogP contribution in [0.25, 0.3) is 22.9 Å². The number of carbonyl (C=O) groups excluding carboxylic acids is 1. The minimum absolute atomic E-state index is 0.253. The number of carbonyl (C=O) groups is 1. The number of aromatic nitrogens is 2. The summed E-state index contributed by atoms with van der Waals surface area (Å²) < 4.78 is 12.7. The first-order valence-corrected chi connectivity index (χ1v) is 12.6. The Bertz CT molecular complexity index is 1420.